The maximum absolute atomic E-state index is 12.9. The molecule has 13 heavy (non-hydrogen) atoms. The van der Waals surface area contributed by atoms with Crippen LogP contribution in [0.25, 0.3) is 0 Å². The molecule has 72 valence electrons. The first-order valence-corrected chi connectivity index (χ1v) is 3.72. The molecule has 0 saturated carbocycles. The molecule has 1 aromatic heterocycles. The first-order valence-electron chi connectivity index (χ1n) is 3.72. The standard InChI is InChI=1S/C7H10FN3O2/c1-7(2,8)6(12)9-3-5-10-4-13-11-5/h4H,3H2,1-2H3,(H,9,12). The van der Waals surface area contributed by atoms with Crippen LogP contribution in [0, 0.1) is 0 Å². The minimum absolute atomic E-state index is 0.0721. The van der Waals surface area contributed by atoms with Gasteiger partial charge in [-0.25, -0.2) is 4.39 Å². The highest BCUT2D eigenvalue weighted by Gasteiger charge is 2.26. The van der Waals surface area contributed by atoms with Crippen molar-refractivity contribution in [2.75, 3.05) is 0 Å². The van der Waals surface area contributed by atoms with Crippen molar-refractivity contribution in [1.82, 2.24) is 15.5 Å². The smallest absolute Gasteiger partial charge is 0.257 e. The van der Waals surface area contributed by atoms with Gasteiger partial charge in [0.2, 0.25) is 6.39 Å². The number of hydrogen-bond donors (Lipinski definition) is 1. The molecule has 1 N–H and O–H groups in total. The third-order valence-electron chi connectivity index (χ3n) is 1.35. The molecule has 6 heteroatoms. The second kappa shape index (κ2) is 3.51. The van der Waals surface area contributed by atoms with E-state index in [0.717, 1.165) is 6.39 Å². The quantitative estimate of drug-likeness (QED) is 0.745. The van der Waals surface area contributed by atoms with Crippen LogP contribution in [0.1, 0.15) is 19.7 Å². The SMILES string of the molecule is CC(C)(F)C(=O)NCc1ncon1. The van der Waals surface area contributed by atoms with Crippen LogP contribution in [-0.2, 0) is 11.3 Å². The normalized spacial score (nSPS) is 11.3. The van der Waals surface area contributed by atoms with E-state index in [2.05, 4.69) is 20.0 Å². The largest absolute Gasteiger partial charge is 0.346 e. The van der Waals surface area contributed by atoms with Crippen LogP contribution < -0.4 is 5.32 Å². The van der Waals surface area contributed by atoms with Crippen molar-refractivity contribution in [2.24, 2.45) is 0 Å². The molecule has 0 aliphatic heterocycles. The highest BCUT2D eigenvalue weighted by Crippen LogP contribution is 2.07. The summed E-state index contributed by atoms with van der Waals surface area (Å²) in [6, 6.07) is 0. The Kier molecular flexibility index (Phi) is 2.60. The highest BCUT2D eigenvalue weighted by molar-refractivity contribution is 5.83. The number of carbonyl (C=O) groups excluding carboxylic acids is 1. The van der Waals surface area contributed by atoms with Crippen LogP contribution in [0.5, 0.6) is 0 Å². The van der Waals surface area contributed by atoms with Gasteiger partial charge < -0.3 is 9.84 Å². The van der Waals surface area contributed by atoms with Gasteiger partial charge in [0, 0.05) is 0 Å². The summed E-state index contributed by atoms with van der Waals surface area (Å²) in [5.74, 6) is -0.380. The number of amides is 1. The molecular formula is C7H10FN3O2. The molecule has 0 aliphatic rings. The predicted octanol–water partition coefficient (Wildman–Crippen LogP) is 0.434. The molecule has 0 saturated heterocycles. The number of nitrogens with one attached hydrogen (secondary N) is 1. The molecule has 0 unspecified atom stereocenters. The van der Waals surface area contributed by atoms with Gasteiger partial charge in [0.15, 0.2) is 11.5 Å². The fraction of sp³-hybridized carbons (Fsp3) is 0.571. The minimum Gasteiger partial charge on any atom is -0.346 e. The summed E-state index contributed by atoms with van der Waals surface area (Å²) in [7, 11) is 0. The Hall–Kier alpha value is -1.46. The zero-order valence-corrected chi connectivity index (χ0v) is 7.37. The average Bonchev–Trinajstić information content (AvgIpc) is 2.50. The predicted molar refractivity (Wildman–Crippen MR) is 41.3 cm³/mol. The molecular weight excluding hydrogens is 177 g/mol. The Bertz CT molecular complexity index is 278. The van der Waals surface area contributed by atoms with Gasteiger partial charge in [-0.3, -0.25) is 4.79 Å². The van der Waals surface area contributed by atoms with E-state index in [9.17, 15) is 9.18 Å². The molecule has 0 fully saturated rings. The fourth-order valence-electron chi connectivity index (χ4n) is 0.640. The summed E-state index contributed by atoms with van der Waals surface area (Å²) in [5.41, 5.74) is -1.89. The maximum Gasteiger partial charge on any atom is 0.257 e. The van der Waals surface area contributed by atoms with Gasteiger partial charge in [0.05, 0.1) is 6.54 Å². The number of nitrogens with zero attached hydrogens (tertiary/aromatic N) is 2. The zero-order chi connectivity index (χ0) is 9.90. The maximum atomic E-state index is 12.9. The number of rotatable bonds is 3. The first kappa shape index (κ1) is 9.63. The summed E-state index contributed by atoms with van der Waals surface area (Å²) in [5, 5.41) is 5.77. The van der Waals surface area contributed by atoms with Gasteiger partial charge in [0.25, 0.3) is 5.91 Å². The molecule has 0 aliphatic carbocycles. The Morgan fingerprint density at radius 1 is 1.77 bits per heavy atom. The van der Waals surface area contributed by atoms with Crippen molar-refractivity contribution in [2.45, 2.75) is 26.1 Å². The van der Waals surface area contributed by atoms with Gasteiger partial charge in [-0.05, 0) is 13.8 Å². The number of alkyl halides is 1. The van der Waals surface area contributed by atoms with E-state index in [1.165, 1.54) is 13.8 Å². The van der Waals surface area contributed by atoms with E-state index >= 15 is 0 Å². The lowest BCUT2D eigenvalue weighted by molar-refractivity contribution is -0.131. The van der Waals surface area contributed by atoms with E-state index in [-0.39, 0.29) is 6.54 Å². The number of aromatic nitrogens is 2. The first-order chi connectivity index (χ1) is 6.00. The van der Waals surface area contributed by atoms with Crippen molar-refractivity contribution >= 4 is 5.91 Å². The van der Waals surface area contributed by atoms with Crippen molar-refractivity contribution in [3.8, 4) is 0 Å². The van der Waals surface area contributed by atoms with Gasteiger partial charge in [0.1, 0.15) is 0 Å². The number of halogens is 1. The van der Waals surface area contributed by atoms with E-state index < -0.39 is 11.6 Å². The van der Waals surface area contributed by atoms with Crippen LogP contribution in [-0.4, -0.2) is 21.7 Å². The molecule has 0 spiro atoms. The van der Waals surface area contributed by atoms with Gasteiger partial charge >= 0.3 is 0 Å². The van der Waals surface area contributed by atoms with Crippen LogP contribution in [0.15, 0.2) is 10.9 Å². The van der Waals surface area contributed by atoms with Gasteiger partial charge in [-0.2, -0.15) is 4.98 Å². The third kappa shape index (κ3) is 2.81. The fourth-order valence-corrected chi connectivity index (χ4v) is 0.640. The Morgan fingerprint density at radius 2 is 2.46 bits per heavy atom. The molecule has 5 nitrogen and oxygen atoms in total. The minimum atomic E-state index is -1.89. The Balaban J connectivity index is 2.40. The van der Waals surface area contributed by atoms with Gasteiger partial charge in [-0.1, -0.05) is 5.16 Å². The molecule has 1 heterocycles. The monoisotopic (exact) mass is 187 g/mol. The zero-order valence-electron chi connectivity index (χ0n) is 7.37. The van der Waals surface area contributed by atoms with E-state index in [1.54, 1.807) is 0 Å². The van der Waals surface area contributed by atoms with Gasteiger partial charge in [-0.15, -0.1) is 0 Å². The lowest BCUT2D eigenvalue weighted by atomic mass is 10.1. The van der Waals surface area contributed by atoms with Crippen molar-refractivity contribution < 1.29 is 13.7 Å². The molecule has 0 aromatic carbocycles. The van der Waals surface area contributed by atoms with Crippen LogP contribution in [0.4, 0.5) is 4.39 Å². The Morgan fingerprint density at radius 3 is 2.92 bits per heavy atom. The van der Waals surface area contributed by atoms with Crippen molar-refractivity contribution in [1.29, 1.82) is 0 Å². The third-order valence-corrected chi connectivity index (χ3v) is 1.35. The molecule has 1 rings (SSSR count). The molecule has 0 atom stereocenters. The average molecular weight is 187 g/mol. The summed E-state index contributed by atoms with van der Waals surface area (Å²) in [4.78, 5) is 14.6. The summed E-state index contributed by atoms with van der Waals surface area (Å²) >= 11 is 0. The number of hydrogen-bond acceptors (Lipinski definition) is 4. The van der Waals surface area contributed by atoms with Crippen molar-refractivity contribution in [3.63, 3.8) is 0 Å². The topological polar surface area (TPSA) is 68.0 Å². The molecule has 0 bridgehead atoms. The van der Waals surface area contributed by atoms with Crippen LogP contribution in [0.2, 0.25) is 0 Å². The summed E-state index contributed by atoms with van der Waals surface area (Å²) < 4.78 is 17.4. The molecule has 1 amide bonds. The molecule has 1 aromatic rings. The Labute approximate surface area is 74.3 Å². The summed E-state index contributed by atoms with van der Waals surface area (Å²) in [6.07, 6.45) is 1.14. The lowest BCUT2D eigenvalue weighted by Crippen LogP contribution is -2.38. The van der Waals surface area contributed by atoms with E-state index in [4.69, 9.17) is 0 Å². The second-order valence-corrected chi connectivity index (χ2v) is 3.00. The van der Waals surface area contributed by atoms with Crippen LogP contribution in [0.3, 0.4) is 0 Å². The highest BCUT2D eigenvalue weighted by atomic mass is 19.1. The molecule has 0 radical (unpaired) electrons. The van der Waals surface area contributed by atoms with Crippen molar-refractivity contribution in [3.05, 3.63) is 12.2 Å². The lowest BCUT2D eigenvalue weighted by Gasteiger charge is -2.12. The summed E-state index contributed by atoms with van der Waals surface area (Å²) in [6.45, 7) is 2.43. The van der Waals surface area contributed by atoms with E-state index in [1.807, 2.05) is 0 Å². The number of carbonyl (C=O) groups is 1. The van der Waals surface area contributed by atoms with E-state index in [0.29, 0.717) is 5.82 Å². The second-order valence-electron chi connectivity index (χ2n) is 3.00. The van der Waals surface area contributed by atoms with Crippen LogP contribution >= 0.6 is 0 Å².